The van der Waals surface area contributed by atoms with Crippen molar-refractivity contribution in [1.82, 2.24) is 5.32 Å². The molecule has 0 heterocycles. The van der Waals surface area contributed by atoms with Crippen LogP contribution < -0.4 is 10.1 Å². The number of para-hydroxylation sites is 1. The van der Waals surface area contributed by atoms with Gasteiger partial charge in [-0.3, -0.25) is 4.79 Å². The van der Waals surface area contributed by atoms with E-state index in [-0.39, 0.29) is 18.6 Å². The fraction of sp³-hybridized carbons (Fsp3) is 0.444. The molecule has 5 nitrogen and oxygen atoms in total. The van der Waals surface area contributed by atoms with Crippen molar-refractivity contribution in [2.24, 2.45) is 5.92 Å². The molecule has 2 rings (SSSR count). The molecule has 1 N–H and O–H groups in total. The van der Waals surface area contributed by atoms with Gasteiger partial charge in [-0.05, 0) is 44.7 Å². The number of carbonyl (C=O) groups excluding carboxylic acids is 2. The Bertz CT molecular complexity index is 578. The summed E-state index contributed by atoms with van der Waals surface area (Å²) >= 11 is 0. The Morgan fingerprint density at radius 3 is 2.78 bits per heavy atom. The van der Waals surface area contributed by atoms with Crippen molar-refractivity contribution in [2.45, 2.75) is 32.7 Å². The van der Waals surface area contributed by atoms with Gasteiger partial charge in [0.25, 0.3) is 5.91 Å². The van der Waals surface area contributed by atoms with E-state index in [1.165, 1.54) is 6.08 Å². The second-order valence-corrected chi connectivity index (χ2v) is 5.61. The molecule has 124 valence electrons. The van der Waals surface area contributed by atoms with Crippen LogP contribution >= 0.6 is 0 Å². The fourth-order valence-electron chi connectivity index (χ4n) is 2.26. The predicted octanol–water partition coefficient (Wildman–Crippen LogP) is 2.56. The molecular weight excluding hydrogens is 294 g/mol. The second kappa shape index (κ2) is 8.36. The van der Waals surface area contributed by atoms with Crippen LogP contribution in [-0.2, 0) is 14.3 Å². The zero-order valence-corrected chi connectivity index (χ0v) is 13.6. The Kier molecular flexibility index (Phi) is 6.20. The minimum absolute atomic E-state index is 0.148. The molecule has 0 unspecified atom stereocenters. The van der Waals surface area contributed by atoms with Gasteiger partial charge in [-0.2, -0.15) is 0 Å². The summed E-state index contributed by atoms with van der Waals surface area (Å²) in [4.78, 5) is 23.4. The molecule has 0 radical (unpaired) electrons. The van der Waals surface area contributed by atoms with Crippen molar-refractivity contribution >= 4 is 18.0 Å². The quantitative estimate of drug-likeness (QED) is 0.591. The van der Waals surface area contributed by atoms with Crippen LogP contribution in [0.15, 0.2) is 30.3 Å². The average molecular weight is 317 g/mol. The van der Waals surface area contributed by atoms with Crippen LogP contribution in [0, 0.1) is 5.92 Å². The molecule has 1 saturated carbocycles. The zero-order valence-electron chi connectivity index (χ0n) is 13.6. The number of amides is 1. The number of rotatable bonds is 8. The van der Waals surface area contributed by atoms with E-state index in [0.717, 1.165) is 18.4 Å². The number of benzene rings is 1. The van der Waals surface area contributed by atoms with Gasteiger partial charge in [-0.1, -0.05) is 18.2 Å². The van der Waals surface area contributed by atoms with E-state index < -0.39 is 5.97 Å². The lowest BCUT2D eigenvalue weighted by molar-refractivity contribution is -0.144. The number of esters is 1. The van der Waals surface area contributed by atoms with Gasteiger partial charge in [0.1, 0.15) is 5.75 Å². The maximum atomic E-state index is 11.7. The molecule has 1 aromatic carbocycles. The summed E-state index contributed by atoms with van der Waals surface area (Å²) in [6.45, 7) is 4.17. The van der Waals surface area contributed by atoms with Gasteiger partial charge in [-0.25, -0.2) is 4.79 Å². The molecule has 1 fully saturated rings. The van der Waals surface area contributed by atoms with E-state index in [0.29, 0.717) is 18.3 Å². The first kappa shape index (κ1) is 17.1. The fourth-order valence-corrected chi connectivity index (χ4v) is 2.26. The summed E-state index contributed by atoms with van der Waals surface area (Å²) in [5.74, 6) is 0.464. The van der Waals surface area contributed by atoms with Crippen LogP contribution in [0.2, 0.25) is 0 Å². The first-order chi connectivity index (χ1) is 11.1. The lowest BCUT2D eigenvalue weighted by Crippen LogP contribution is -2.36. The van der Waals surface area contributed by atoms with E-state index in [4.69, 9.17) is 9.47 Å². The standard InChI is InChI=1S/C18H23NO4/c1-3-22-16-7-5-4-6-15(16)10-11-18(21)23-12-17(20)19-13(2)14-8-9-14/h4-7,10-11,13-14H,3,8-9,12H2,1-2H3,(H,19,20)/b11-10+/t13-/m0/s1. The van der Waals surface area contributed by atoms with E-state index in [1.54, 1.807) is 6.08 Å². The third-order valence-electron chi connectivity index (χ3n) is 3.68. The summed E-state index contributed by atoms with van der Waals surface area (Å²) in [7, 11) is 0. The molecule has 0 spiro atoms. The first-order valence-corrected chi connectivity index (χ1v) is 7.96. The number of carbonyl (C=O) groups is 2. The molecule has 1 atom stereocenters. The van der Waals surface area contributed by atoms with Crippen molar-refractivity contribution in [3.8, 4) is 5.75 Å². The molecule has 23 heavy (non-hydrogen) atoms. The highest BCUT2D eigenvalue weighted by Crippen LogP contribution is 2.32. The molecule has 0 saturated heterocycles. The van der Waals surface area contributed by atoms with Crippen molar-refractivity contribution < 1.29 is 19.1 Å². The van der Waals surface area contributed by atoms with E-state index >= 15 is 0 Å². The highest BCUT2D eigenvalue weighted by molar-refractivity contribution is 5.89. The lowest BCUT2D eigenvalue weighted by Gasteiger charge is -2.12. The van der Waals surface area contributed by atoms with Gasteiger partial charge >= 0.3 is 5.97 Å². The van der Waals surface area contributed by atoms with Crippen LogP contribution in [0.3, 0.4) is 0 Å². The van der Waals surface area contributed by atoms with Gasteiger partial charge in [0.2, 0.25) is 0 Å². The molecule has 1 aliphatic carbocycles. The Labute approximate surface area is 136 Å². The average Bonchev–Trinajstić information content (AvgIpc) is 3.37. The molecule has 0 aromatic heterocycles. The minimum atomic E-state index is -0.550. The smallest absolute Gasteiger partial charge is 0.331 e. The first-order valence-electron chi connectivity index (χ1n) is 7.96. The van der Waals surface area contributed by atoms with E-state index in [1.807, 2.05) is 38.1 Å². The Balaban J connectivity index is 1.78. The van der Waals surface area contributed by atoms with Crippen LogP contribution in [0.4, 0.5) is 0 Å². The monoisotopic (exact) mass is 317 g/mol. The van der Waals surface area contributed by atoms with E-state index in [2.05, 4.69) is 5.32 Å². The summed E-state index contributed by atoms with van der Waals surface area (Å²) in [5, 5.41) is 2.84. The summed E-state index contributed by atoms with van der Waals surface area (Å²) < 4.78 is 10.4. The van der Waals surface area contributed by atoms with Crippen molar-refractivity contribution in [2.75, 3.05) is 13.2 Å². The van der Waals surface area contributed by atoms with Crippen molar-refractivity contribution in [3.05, 3.63) is 35.9 Å². The van der Waals surface area contributed by atoms with Gasteiger partial charge in [0.15, 0.2) is 6.61 Å². The molecule has 1 aliphatic rings. The topological polar surface area (TPSA) is 64.6 Å². The molecule has 0 bridgehead atoms. The molecular formula is C18H23NO4. The Morgan fingerprint density at radius 1 is 1.35 bits per heavy atom. The SMILES string of the molecule is CCOc1ccccc1/C=C/C(=O)OCC(=O)N[C@@H](C)C1CC1. The summed E-state index contributed by atoms with van der Waals surface area (Å²) in [5.41, 5.74) is 0.790. The van der Waals surface area contributed by atoms with Crippen LogP contribution in [-0.4, -0.2) is 31.1 Å². The predicted molar refractivity (Wildman–Crippen MR) is 87.9 cm³/mol. The van der Waals surface area contributed by atoms with E-state index in [9.17, 15) is 9.59 Å². The van der Waals surface area contributed by atoms with Gasteiger partial charge in [0.05, 0.1) is 6.61 Å². The third-order valence-corrected chi connectivity index (χ3v) is 3.68. The van der Waals surface area contributed by atoms with Crippen molar-refractivity contribution in [1.29, 1.82) is 0 Å². The normalized spacial score (nSPS) is 15.2. The maximum absolute atomic E-state index is 11.7. The Hall–Kier alpha value is -2.30. The van der Waals surface area contributed by atoms with Crippen LogP contribution in [0.5, 0.6) is 5.75 Å². The highest BCUT2D eigenvalue weighted by atomic mass is 16.5. The molecule has 5 heteroatoms. The second-order valence-electron chi connectivity index (χ2n) is 5.61. The number of nitrogens with one attached hydrogen (secondary N) is 1. The maximum Gasteiger partial charge on any atom is 0.331 e. The molecule has 1 amide bonds. The van der Waals surface area contributed by atoms with Gasteiger partial charge < -0.3 is 14.8 Å². The largest absolute Gasteiger partial charge is 0.493 e. The molecule has 1 aromatic rings. The van der Waals surface area contributed by atoms with Crippen LogP contribution in [0.25, 0.3) is 6.08 Å². The lowest BCUT2D eigenvalue weighted by atomic mass is 10.2. The van der Waals surface area contributed by atoms with Crippen LogP contribution in [0.1, 0.15) is 32.3 Å². The molecule has 0 aliphatic heterocycles. The van der Waals surface area contributed by atoms with Gasteiger partial charge in [0, 0.05) is 17.7 Å². The van der Waals surface area contributed by atoms with Gasteiger partial charge in [-0.15, -0.1) is 0 Å². The Morgan fingerprint density at radius 2 is 2.09 bits per heavy atom. The number of ether oxygens (including phenoxy) is 2. The minimum Gasteiger partial charge on any atom is -0.493 e. The summed E-state index contributed by atoms with van der Waals surface area (Å²) in [6.07, 6.45) is 5.24. The number of hydrogen-bond donors (Lipinski definition) is 1. The third kappa shape index (κ3) is 5.77. The highest BCUT2D eigenvalue weighted by Gasteiger charge is 2.28. The zero-order chi connectivity index (χ0) is 16.7. The summed E-state index contributed by atoms with van der Waals surface area (Å²) in [6, 6.07) is 7.56. The van der Waals surface area contributed by atoms with Crippen molar-refractivity contribution in [3.63, 3.8) is 0 Å². The number of hydrogen-bond acceptors (Lipinski definition) is 4.